The Balaban J connectivity index is 1.31. The summed E-state index contributed by atoms with van der Waals surface area (Å²) < 4.78 is 0. The van der Waals surface area contributed by atoms with Gasteiger partial charge in [-0.3, -0.25) is 14.5 Å². The van der Waals surface area contributed by atoms with Crippen molar-refractivity contribution in [3.05, 3.63) is 35.4 Å². The number of nitrogens with zero attached hydrogens (tertiary/aromatic N) is 2. The van der Waals surface area contributed by atoms with Crippen molar-refractivity contribution in [2.45, 2.75) is 57.8 Å². The van der Waals surface area contributed by atoms with Crippen LogP contribution >= 0.6 is 0 Å². The van der Waals surface area contributed by atoms with Gasteiger partial charge in [-0.25, -0.2) is 0 Å². The molecule has 2 amide bonds. The molecule has 5 aliphatic rings. The van der Waals surface area contributed by atoms with Gasteiger partial charge in [-0.1, -0.05) is 29.8 Å². The predicted octanol–water partition coefficient (Wildman–Crippen LogP) is 3.11. The SMILES string of the molecule is CCNC(=O)CN1CCN(C(=O)C23CC4CC(C2)CC(c2ccc(C)cc2)(C4)C3)CC1. The third-order valence-corrected chi connectivity index (χ3v) is 8.58. The van der Waals surface area contributed by atoms with Crippen LogP contribution in [-0.4, -0.2) is 60.9 Å². The summed E-state index contributed by atoms with van der Waals surface area (Å²) in [4.78, 5) is 30.2. The summed E-state index contributed by atoms with van der Waals surface area (Å²) in [5.41, 5.74) is 2.82. The summed E-state index contributed by atoms with van der Waals surface area (Å²) in [7, 11) is 0. The van der Waals surface area contributed by atoms with E-state index in [2.05, 4.69) is 46.3 Å². The molecule has 0 aromatic heterocycles. The van der Waals surface area contributed by atoms with Crippen LogP contribution in [0.4, 0.5) is 0 Å². The molecule has 4 bridgehead atoms. The molecule has 31 heavy (non-hydrogen) atoms. The lowest BCUT2D eigenvalue weighted by Crippen LogP contribution is -2.61. The first-order valence-electron chi connectivity index (χ1n) is 12.3. The number of aryl methyl sites for hydroxylation is 1. The van der Waals surface area contributed by atoms with E-state index >= 15 is 0 Å². The summed E-state index contributed by atoms with van der Waals surface area (Å²) in [5.74, 6) is 1.90. The van der Waals surface area contributed by atoms with Gasteiger partial charge in [0.25, 0.3) is 0 Å². The largest absolute Gasteiger partial charge is 0.355 e. The fraction of sp³-hybridized carbons (Fsp3) is 0.692. The molecule has 1 aliphatic heterocycles. The van der Waals surface area contributed by atoms with Gasteiger partial charge in [0, 0.05) is 32.7 Å². The Kier molecular flexibility index (Phi) is 5.36. The fourth-order valence-corrected chi connectivity index (χ4v) is 7.66. The van der Waals surface area contributed by atoms with Gasteiger partial charge in [0.2, 0.25) is 11.8 Å². The lowest BCUT2D eigenvalue weighted by atomic mass is 9.42. The molecule has 1 aromatic rings. The smallest absolute Gasteiger partial charge is 0.234 e. The van der Waals surface area contributed by atoms with Crippen molar-refractivity contribution in [2.24, 2.45) is 17.3 Å². The monoisotopic (exact) mass is 423 g/mol. The Morgan fingerprint density at radius 1 is 1.00 bits per heavy atom. The first-order chi connectivity index (χ1) is 14.9. The minimum atomic E-state index is -0.156. The van der Waals surface area contributed by atoms with Crippen LogP contribution in [0.25, 0.3) is 0 Å². The van der Waals surface area contributed by atoms with Crippen molar-refractivity contribution in [3.63, 3.8) is 0 Å². The average molecular weight is 424 g/mol. The summed E-state index contributed by atoms with van der Waals surface area (Å²) in [6.07, 6.45) is 7.07. The summed E-state index contributed by atoms with van der Waals surface area (Å²) in [5, 5.41) is 2.88. The van der Waals surface area contributed by atoms with Crippen molar-refractivity contribution in [1.29, 1.82) is 0 Å². The van der Waals surface area contributed by atoms with E-state index in [1.54, 1.807) is 0 Å². The highest BCUT2D eigenvalue weighted by Gasteiger charge is 2.61. The second kappa shape index (κ2) is 7.91. The molecule has 4 aliphatic carbocycles. The maximum Gasteiger partial charge on any atom is 0.234 e. The van der Waals surface area contributed by atoms with Gasteiger partial charge >= 0.3 is 0 Å². The van der Waals surface area contributed by atoms with Gasteiger partial charge in [0.1, 0.15) is 0 Å². The minimum absolute atomic E-state index is 0.0865. The molecular weight excluding hydrogens is 386 g/mol. The van der Waals surface area contributed by atoms with E-state index < -0.39 is 0 Å². The number of nitrogens with one attached hydrogen (secondary N) is 1. The van der Waals surface area contributed by atoms with Crippen LogP contribution in [-0.2, 0) is 15.0 Å². The topological polar surface area (TPSA) is 52.7 Å². The lowest BCUT2D eigenvalue weighted by Gasteiger charge is -2.62. The summed E-state index contributed by atoms with van der Waals surface area (Å²) in [6, 6.07) is 9.16. The van der Waals surface area contributed by atoms with Gasteiger partial charge in [-0.15, -0.1) is 0 Å². The number of hydrogen-bond donors (Lipinski definition) is 1. The van der Waals surface area contributed by atoms with Gasteiger partial charge in [-0.2, -0.15) is 0 Å². The molecule has 2 atom stereocenters. The number of benzene rings is 1. The third-order valence-electron chi connectivity index (χ3n) is 8.58. The minimum Gasteiger partial charge on any atom is -0.355 e. The van der Waals surface area contributed by atoms with Crippen LogP contribution in [0.1, 0.15) is 56.6 Å². The number of rotatable bonds is 5. The van der Waals surface area contributed by atoms with Crippen LogP contribution in [0.5, 0.6) is 0 Å². The van der Waals surface area contributed by atoms with E-state index in [0.29, 0.717) is 30.8 Å². The molecular formula is C26H37N3O2. The van der Waals surface area contributed by atoms with Crippen molar-refractivity contribution >= 4 is 11.8 Å². The highest BCUT2D eigenvalue weighted by molar-refractivity contribution is 5.84. The normalized spacial score (nSPS) is 34.7. The molecule has 1 aromatic carbocycles. The first kappa shape index (κ1) is 21.0. The van der Waals surface area contributed by atoms with Gasteiger partial charge in [0.15, 0.2) is 0 Å². The summed E-state index contributed by atoms with van der Waals surface area (Å²) in [6.45, 7) is 8.33. The number of piperazine rings is 1. The van der Waals surface area contributed by atoms with Crippen molar-refractivity contribution in [2.75, 3.05) is 39.3 Å². The molecule has 0 radical (unpaired) electrons. The number of amides is 2. The van der Waals surface area contributed by atoms with Gasteiger partial charge < -0.3 is 10.2 Å². The molecule has 6 rings (SSSR count). The highest BCUT2D eigenvalue weighted by atomic mass is 16.2. The molecule has 0 spiro atoms. The van der Waals surface area contributed by atoms with E-state index in [1.165, 1.54) is 30.4 Å². The second-order valence-corrected chi connectivity index (χ2v) is 10.9. The predicted molar refractivity (Wildman–Crippen MR) is 122 cm³/mol. The van der Waals surface area contributed by atoms with Crippen molar-refractivity contribution < 1.29 is 9.59 Å². The first-order valence-corrected chi connectivity index (χ1v) is 12.3. The Labute approximate surface area is 186 Å². The maximum atomic E-state index is 13.9. The van der Waals surface area contributed by atoms with E-state index in [0.717, 1.165) is 45.4 Å². The van der Waals surface area contributed by atoms with E-state index in [9.17, 15) is 9.59 Å². The Bertz CT molecular complexity index is 827. The third kappa shape index (κ3) is 3.79. The second-order valence-electron chi connectivity index (χ2n) is 10.9. The van der Waals surface area contributed by atoms with Gasteiger partial charge in [0.05, 0.1) is 12.0 Å². The van der Waals surface area contributed by atoms with Crippen molar-refractivity contribution in [1.82, 2.24) is 15.1 Å². The molecule has 168 valence electrons. The van der Waals surface area contributed by atoms with E-state index in [4.69, 9.17) is 0 Å². The zero-order chi connectivity index (χ0) is 21.6. The molecule has 1 heterocycles. The molecule has 1 N–H and O–H groups in total. The highest BCUT2D eigenvalue weighted by Crippen LogP contribution is 2.66. The van der Waals surface area contributed by atoms with Crippen molar-refractivity contribution in [3.8, 4) is 0 Å². The number of likely N-dealkylation sites (N-methyl/N-ethyl adjacent to an activating group) is 1. The molecule has 5 nitrogen and oxygen atoms in total. The fourth-order valence-electron chi connectivity index (χ4n) is 7.66. The molecule has 1 saturated heterocycles. The van der Waals surface area contributed by atoms with Gasteiger partial charge in [-0.05, 0) is 75.2 Å². The maximum absolute atomic E-state index is 13.9. The zero-order valence-corrected chi connectivity index (χ0v) is 19.2. The van der Waals surface area contributed by atoms with E-state index in [1.807, 2.05) is 6.92 Å². The Morgan fingerprint density at radius 2 is 1.65 bits per heavy atom. The standard InChI is InChI=1S/C26H37N3O2/c1-3-27-23(30)17-28-8-10-29(11-9-28)24(31)26-15-20-12-21(16-26)14-25(13-20,18-26)22-6-4-19(2)5-7-22/h4-7,20-21H,3,8-18H2,1-2H3,(H,27,30). The van der Waals surface area contributed by atoms with Crippen LogP contribution in [0.2, 0.25) is 0 Å². The average Bonchev–Trinajstić information content (AvgIpc) is 2.73. The molecule has 4 saturated carbocycles. The number of carbonyl (C=O) groups is 2. The Hall–Kier alpha value is -1.88. The quantitative estimate of drug-likeness (QED) is 0.792. The summed E-state index contributed by atoms with van der Waals surface area (Å²) >= 11 is 0. The Morgan fingerprint density at radius 3 is 2.26 bits per heavy atom. The van der Waals surface area contributed by atoms with Crippen LogP contribution in [0.3, 0.4) is 0 Å². The zero-order valence-electron chi connectivity index (χ0n) is 19.2. The van der Waals surface area contributed by atoms with E-state index in [-0.39, 0.29) is 16.7 Å². The van der Waals surface area contributed by atoms with Crippen LogP contribution in [0, 0.1) is 24.2 Å². The molecule has 5 heteroatoms. The lowest BCUT2D eigenvalue weighted by molar-refractivity contribution is -0.162. The number of hydrogen-bond acceptors (Lipinski definition) is 3. The van der Waals surface area contributed by atoms with Crippen LogP contribution < -0.4 is 5.32 Å². The molecule has 2 unspecified atom stereocenters. The van der Waals surface area contributed by atoms with Crippen LogP contribution in [0.15, 0.2) is 24.3 Å². The molecule has 5 fully saturated rings. The number of carbonyl (C=O) groups excluding carboxylic acids is 2.